The Morgan fingerprint density at radius 1 is 1.20 bits per heavy atom. The summed E-state index contributed by atoms with van der Waals surface area (Å²) in [5.74, 6) is -0.216. The highest BCUT2D eigenvalue weighted by molar-refractivity contribution is 7.12. The fourth-order valence-electron chi connectivity index (χ4n) is 1.99. The number of aromatic nitrogens is 1. The van der Waals surface area contributed by atoms with Crippen LogP contribution in [0.5, 0.6) is 0 Å². The van der Waals surface area contributed by atoms with Gasteiger partial charge in [0.15, 0.2) is 0 Å². The average molecular weight is 292 g/mol. The molecular weight excluding hydrogens is 271 g/mol. The third kappa shape index (κ3) is 3.37. The van der Waals surface area contributed by atoms with Crippen LogP contribution in [0.3, 0.4) is 0 Å². The number of anilines is 1. The topological polar surface area (TPSA) is 24.9 Å². The fraction of sp³-hybridized carbons (Fsp3) is 0.438. The molecule has 0 saturated heterocycles. The third-order valence-corrected chi connectivity index (χ3v) is 4.86. The first-order valence-corrected chi connectivity index (χ1v) is 7.59. The van der Waals surface area contributed by atoms with E-state index >= 15 is 0 Å². The van der Waals surface area contributed by atoms with Crippen LogP contribution in [0.1, 0.15) is 49.3 Å². The van der Waals surface area contributed by atoms with Crippen LogP contribution in [0.4, 0.5) is 10.1 Å². The molecule has 0 bridgehead atoms. The van der Waals surface area contributed by atoms with Gasteiger partial charge in [0.2, 0.25) is 0 Å². The van der Waals surface area contributed by atoms with Crippen molar-refractivity contribution in [1.82, 2.24) is 4.98 Å². The Balaban J connectivity index is 2.19. The molecular formula is C16H21FN2S. The second kappa shape index (κ2) is 5.52. The number of nitrogens with one attached hydrogen (secondary N) is 1. The van der Waals surface area contributed by atoms with Gasteiger partial charge >= 0.3 is 0 Å². The molecule has 1 aromatic carbocycles. The van der Waals surface area contributed by atoms with Gasteiger partial charge in [-0.25, -0.2) is 9.37 Å². The van der Waals surface area contributed by atoms with Crippen molar-refractivity contribution in [3.8, 4) is 0 Å². The normalized spacial score (nSPS) is 13.3. The van der Waals surface area contributed by atoms with Crippen molar-refractivity contribution < 1.29 is 4.39 Å². The molecule has 0 aliphatic heterocycles. The first kappa shape index (κ1) is 15.0. The summed E-state index contributed by atoms with van der Waals surface area (Å²) in [4.78, 5) is 5.91. The zero-order valence-corrected chi connectivity index (χ0v) is 13.4. The summed E-state index contributed by atoms with van der Waals surface area (Å²) >= 11 is 1.75. The van der Waals surface area contributed by atoms with Gasteiger partial charge in [-0.15, -0.1) is 11.3 Å². The summed E-state index contributed by atoms with van der Waals surface area (Å²) in [6, 6.07) is 6.61. The van der Waals surface area contributed by atoms with Crippen molar-refractivity contribution in [3.63, 3.8) is 0 Å². The van der Waals surface area contributed by atoms with E-state index in [4.69, 9.17) is 0 Å². The van der Waals surface area contributed by atoms with Crippen molar-refractivity contribution in [2.75, 3.05) is 5.32 Å². The quantitative estimate of drug-likeness (QED) is 0.855. The Kier molecular flexibility index (Phi) is 4.14. The molecule has 2 nitrogen and oxygen atoms in total. The molecule has 0 fully saturated rings. The average Bonchev–Trinajstić information content (AvgIpc) is 2.74. The van der Waals surface area contributed by atoms with E-state index in [2.05, 4.69) is 38.0 Å². The lowest BCUT2D eigenvalue weighted by molar-refractivity contribution is 0.584. The summed E-state index contributed by atoms with van der Waals surface area (Å²) < 4.78 is 12.9. The molecule has 20 heavy (non-hydrogen) atoms. The minimum atomic E-state index is -0.216. The predicted octanol–water partition coefficient (Wildman–Crippen LogP) is 5.06. The smallest absolute Gasteiger partial charge is 0.123 e. The van der Waals surface area contributed by atoms with Crippen molar-refractivity contribution in [2.24, 2.45) is 0 Å². The fourth-order valence-corrected chi connectivity index (χ4v) is 3.12. The standard InChI is InChI=1S/C16H21FN2S/c1-10(18-13-8-6-12(17)7-9-13)14-11(2)19-15(20-14)16(3,4)5/h6-10,18H,1-5H3. The van der Waals surface area contributed by atoms with Gasteiger partial charge in [-0.3, -0.25) is 0 Å². The molecule has 1 aromatic heterocycles. The zero-order valence-electron chi connectivity index (χ0n) is 12.6. The van der Waals surface area contributed by atoms with Crippen LogP contribution in [-0.2, 0) is 5.41 Å². The highest BCUT2D eigenvalue weighted by Gasteiger charge is 2.22. The Bertz CT molecular complexity index is 582. The molecule has 0 aliphatic carbocycles. The number of hydrogen-bond acceptors (Lipinski definition) is 3. The van der Waals surface area contributed by atoms with Crippen LogP contribution in [-0.4, -0.2) is 4.98 Å². The minimum absolute atomic E-state index is 0.0727. The van der Waals surface area contributed by atoms with E-state index in [1.165, 1.54) is 17.0 Å². The van der Waals surface area contributed by atoms with Crippen LogP contribution in [0.2, 0.25) is 0 Å². The van der Waals surface area contributed by atoms with E-state index in [1.54, 1.807) is 23.5 Å². The highest BCUT2D eigenvalue weighted by atomic mass is 32.1. The van der Waals surface area contributed by atoms with E-state index in [1.807, 2.05) is 6.92 Å². The van der Waals surface area contributed by atoms with Gasteiger partial charge < -0.3 is 5.32 Å². The number of thiazole rings is 1. The SMILES string of the molecule is Cc1nc(C(C)(C)C)sc1C(C)Nc1ccc(F)cc1. The van der Waals surface area contributed by atoms with Crippen LogP contribution in [0, 0.1) is 12.7 Å². The van der Waals surface area contributed by atoms with E-state index in [-0.39, 0.29) is 17.3 Å². The second-order valence-electron chi connectivity index (χ2n) is 6.09. The molecule has 0 amide bonds. The summed E-state index contributed by atoms with van der Waals surface area (Å²) in [7, 11) is 0. The van der Waals surface area contributed by atoms with E-state index in [0.29, 0.717) is 0 Å². The van der Waals surface area contributed by atoms with Crippen LogP contribution >= 0.6 is 11.3 Å². The monoisotopic (exact) mass is 292 g/mol. The molecule has 0 radical (unpaired) electrons. The lowest BCUT2D eigenvalue weighted by Gasteiger charge is -2.15. The first-order valence-electron chi connectivity index (χ1n) is 6.77. The number of benzene rings is 1. The second-order valence-corrected chi connectivity index (χ2v) is 7.12. The maximum atomic E-state index is 12.9. The molecule has 1 heterocycles. The van der Waals surface area contributed by atoms with Crippen molar-refractivity contribution in [2.45, 2.75) is 46.1 Å². The number of hydrogen-bond donors (Lipinski definition) is 1. The maximum absolute atomic E-state index is 12.9. The molecule has 1 atom stereocenters. The van der Waals surface area contributed by atoms with Gasteiger partial charge in [0.25, 0.3) is 0 Å². The van der Waals surface area contributed by atoms with Gasteiger partial charge in [-0.05, 0) is 38.1 Å². The minimum Gasteiger partial charge on any atom is -0.378 e. The van der Waals surface area contributed by atoms with Gasteiger partial charge in [0.1, 0.15) is 5.82 Å². The highest BCUT2D eigenvalue weighted by Crippen LogP contribution is 2.33. The molecule has 1 unspecified atom stereocenters. The molecule has 0 aliphatic rings. The lowest BCUT2D eigenvalue weighted by atomic mass is 9.98. The summed E-state index contributed by atoms with van der Waals surface area (Å²) in [6.45, 7) is 10.7. The molecule has 0 spiro atoms. The number of nitrogens with zero attached hydrogens (tertiary/aromatic N) is 1. The van der Waals surface area contributed by atoms with Crippen LogP contribution < -0.4 is 5.32 Å². The molecule has 2 rings (SSSR count). The van der Waals surface area contributed by atoms with Crippen molar-refractivity contribution in [1.29, 1.82) is 0 Å². The predicted molar refractivity (Wildman–Crippen MR) is 84.0 cm³/mol. The van der Waals surface area contributed by atoms with Gasteiger partial charge in [-0.1, -0.05) is 20.8 Å². The van der Waals surface area contributed by atoms with Gasteiger partial charge in [0, 0.05) is 16.0 Å². The third-order valence-electron chi connectivity index (χ3n) is 3.09. The Morgan fingerprint density at radius 2 is 1.80 bits per heavy atom. The van der Waals surface area contributed by atoms with E-state index < -0.39 is 0 Å². The summed E-state index contributed by atoms with van der Waals surface area (Å²) in [6.07, 6.45) is 0. The Morgan fingerprint density at radius 3 is 2.30 bits per heavy atom. The summed E-state index contributed by atoms with van der Waals surface area (Å²) in [5.41, 5.74) is 2.06. The Hall–Kier alpha value is -1.42. The Labute approximate surface area is 124 Å². The molecule has 2 aromatic rings. The summed E-state index contributed by atoms with van der Waals surface area (Å²) in [5, 5.41) is 4.55. The maximum Gasteiger partial charge on any atom is 0.123 e. The molecule has 1 N–H and O–H groups in total. The molecule has 0 saturated carbocycles. The largest absolute Gasteiger partial charge is 0.378 e. The first-order chi connectivity index (χ1) is 9.27. The molecule has 108 valence electrons. The number of aryl methyl sites for hydroxylation is 1. The van der Waals surface area contributed by atoms with E-state index in [0.717, 1.165) is 16.4 Å². The number of halogens is 1. The van der Waals surface area contributed by atoms with Gasteiger partial charge in [0.05, 0.1) is 16.7 Å². The lowest BCUT2D eigenvalue weighted by Crippen LogP contribution is -2.10. The number of rotatable bonds is 3. The molecule has 4 heteroatoms. The van der Waals surface area contributed by atoms with Crippen molar-refractivity contribution in [3.05, 3.63) is 45.7 Å². The van der Waals surface area contributed by atoms with E-state index in [9.17, 15) is 4.39 Å². The van der Waals surface area contributed by atoms with Crippen molar-refractivity contribution >= 4 is 17.0 Å². The van der Waals surface area contributed by atoms with Crippen LogP contribution in [0.25, 0.3) is 0 Å². The zero-order chi connectivity index (χ0) is 14.9. The van der Waals surface area contributed by atoms with Crippen LogP contribution in [0.15, 0.2) is 24.3 Å². The van der Waals surface area contributed by atoms with Gasteiger partial charge in [-0.2, -0.15) is 0 Å².